The van der Waals surface area contributed by atoms with E-state index in [0.717, 1.165) is 22.8 Å². The van der Waals surface area contributed by atoms with Gasteiger partial charge in [0.05, 0.1) is 19.1 Å². The second-order valence-electron chi connectivity index (χ2n) is 6.55. The minimum atomic E-state index is -0.910. The molecule has 1 aromatic carbocycles. The first-order valence-corrected chi connectivity index (χ1v) is 8.62. The number of aryl methyl sites for hydroxylation is 1. The van der Waals surface area contributed by atoms with Crippen LogP contribution in [0, 0.1) is 13.8 Å². The molecule has 1 aromatic heterocycles. The summed E-state index contributed by atoms with van der Waals surface area (Å²) in [5, 5.41) is 8.94. The van der Waals surface area contributed by atoms with Crippen LogP contribution < -0.4 is 4.74 Å². The average molecular weight is 358 g/mol. The summed E-state index contributed by atoms with van der Waals surface area (Å²) in [6.07, 6.45) is -0.0683. The number of carboxylic acid groups (broad SMARTS) is 1. The molecular weight excluding hydrogens is 332 g/mol. The molecule has 0 atom stereocenters. The maximum atomic E-state index is 13.0. The molecule has 26 heavy (non-hydrogen) atoms. The largest absolute Gasteiger partial charge is 0.497 e. The minimum absolute atomic E-state index is 0.0683. The Morgan fingerprint density at radius 1 is 1.19 bits per heavy atom. The van der Waals surface area contributed by atoms with Gasteiger partial charge in [0.2, 0.25) is 0 Å². The molecule has 0 unspecified atom stereocenters. The SMILES string of the molecule is COc1ccc(-n2c(C)cc(C(=O)N(CCC(=O)O)C(C)C)c2C)cc1. The smallest absolute Gasteiger partial charge is 0.305 e. The molecule has 0 aliphatic carbocycles. The van der Waals surface area contributed by atoms with Crippen molar-refractivity contribution in [1.29, 1.82) is 0 Å². The van der Waals surface area contributed by atoms with E-state index >= 15 is 0 Å². The Morgan fingerprint density at radius 3 is 2.31 bits per heavy atom. The van der Waals surface area contributed by atoms with E-state index < -0.39 is 5.97 Å². The molecule has 0 aliphatic rings. The molecule has 0 bridgehead atoms. The summed E-state index contributed by atoms with van der Waals surface area (Å²) in [5.41, 5.74) is 3.32. The van der Waals surface area contributed by atoms with Crippen LogP contribution in [-0.4, -0.2) is 46.1 Å². The number of carbonyl (C=O) groups excluding carboxylic acids is 1. The number of aliphatic carboxylic acids is 1. The third-order valence-corrected chi connectivity index (χ3v) is 4.44. The molecule has 6 heteroatoms. The Labute approximate surface area is 154 Å². The zero-order valence-corrected chi connectivity index (χ0v) is 15.9. The molecule has 1 amide bonds. The molecule has 2 rings (SSSR count). The first-order valence-electron chi connectivity index (χ1n) is 8.62. The minimum Gasteiger partial charge on any atom is -0.497 e. The fourth-order valence-electron chi connectivity index (χ4n) is 3.07. The van der Waals surface area contributed by atoms with Crippen LogP contribution in [0.5, 0.6) is 5.75 Å². The van der Waals surface area contributed by atoms with E-state index in [1.165, 1.54) is 0 Å². The first-order chi connectivity index (χ1) is 12.3. The number of carbonyl (C=O) groups is 2. The molecule has 6 nitrogen and oxygen atoms in total. The van der Waals surface area contributed by atoms with Crippen LogP contribution in [0.2, 0.25) is 0 Å². The van der Waals surface area contributed by atoms with E-state index in [2.05, 4.69) is 0 Å². The second kappa shape index (κ2) is 8.08. The number of hydrogen-bond donors (Lipinski definition) is 1. The molecular formula is C20H26N2O4. The van der Waals surface area contributed by atoms with Gasteiger partial charge in [-0.1, -0.05) is 0 Å². The molecule has 0 radical (unpaired) electrons. The van der Waals surface area contributed by atoms with Crippen molar-refractivity contribution in [3.05, 3.63) is 47.3 Å². The predicted molar refractivity (Wildman–Crippen MR) is 100 cm³/mol. The van der Waals surface area contributed by atoms with Crippen LogP contribution in [-0.2, 0) is 4.79 Å². The number of rotatable bonds is 7. The Hall–Kier alpha value is -2.76. The number of carboxylic acids is 1. The van der Waals surface area contributed by atoms with Crippen molar-refractivity contribution in [3.63, 3.8) is 0 Å². The van der Waals surface area contributed by atoms with Crippen LogP contribution in [0.4, 0.5) is 0 Å². The second-order valence-corrected chi connectivity index (χ2v) is 6.55. The quantitative estimate of drug-likeness (QED) is 0.823. The van der Waals surface area contributed by atoms with Gasteiger partial charge >= 0.3 is 5.97 Å². The summed E-state index contributed by atoms with van der Waals surface area (Å²) in [6, 6.07) is 9.42. The zero-order valence-electron chi connectivity index (χ0n) is 15.9. The van der Waals surface area contributed by atoms with Crippen molar-refractivity contribution in [2.45, 2.75) is 40.2 Å². The zero-order chi connectivity index (χ0) is 19.4. The fourth-order valence-corrected chi connectivity index (χ4v) is 3.07. The highest BCUT2D eigenvalue weighted by atomic mass is 16.5. The predicted octanol–water partition coefficient (Wildman–Crippen LogP) is 3.43. The summed E-state index contributed by atoms with van der Waals surface area (Å²) in [6.45, 7) is 7.83. The third-order valence-electron chi connectivity index (χ3n) is 4.44. The average Bonchev–Trinajstić information content (AvgIpc) is 2.89. The lowest BCUT2D eigenvalue weighted by Gasteiger charge is -2.26. The monoisotopic (exact) mass is 358 g/mol. The topological polar surface area (TPSA) is 71.8 Å². The van der Waals surface area contributed by atoms with E-state index in [-0.39, 0.29) is 24.9 Å². The van der Waals surface area contributed by atoms with Gasteiger partial charge < -0.3 is 19.3 Å². The maximum Gasteiger partial charge on any atom is 0.305 e. The van der Waals surface area contributed by atoms with Gasteiger partial charge in [0.15, 0.2) is 0 Å². The van der Waals surface area contributed by atoms with Crippen molar-refractivity contribution in [1.82, 2.24) is 9.47 Å². The summed E-state index contributed by atoms with van der Waals surface area (Å²) < 4.78 is 7.21. The van der Waals surface area contributed by atoms with E-state index in [9.17, 15) is 9.59 Å². The number of hydrogen-bond acceptors (Lipinski definition) is 3. The maximum absolute atomic E-state index is 13.0. The highest BCUT2D eigenvalue weighted by Gasteiger charge is 2.24. The molecule has 0 aliphatic heterocycles. The third kappa shape index (κ3) is 4.07. The highest BCUT2D eigenvalue weighted by Crippen LogP contribution is 2.24. The van der Waals surface area contributed by atoms with E-state index in [1.807, 2.05) is 62.6 Å². The summed E-state index contributed by atoms with van der Waals surface area (Å²) in [7, 11) is 1.62. The molecule has 140 valence electrons. The van der Waals surface area contributed by atoms with Crippen LogP contribution in [0.15, 0.2) is 30.3 Å². The van der Waals surface area contributed by atoms with Gasteiger partial charge in [-0.2, -0.15) is 0 Å². The van der Waals surface area contributed by atoms with Crippen LogP contribution >= 0.6 is 0 Å². The number of aromatic nitrogens is 1. The molecule has 0 spiro atoms. The fraction of sp³-hybridized carbons (Fsp3) is 0.400. The number of benzene rings is 1. The van der Waals surface area contributed by atoms with Gasteiger partial charge in [0.25, 0.3) is 5.91 Å². The van der Waals surface area contributed by atoms with Crippen LogP contribution in [0.1, 0.15) is 42.0 Å². The van der Waals surface area contributed by atoms with Crippen molar-refractivity contribution >= 4 is 11.9 Å². The van der Waals surface area contributed by atoms with E-state index in [0.29, 0.717) is 5.56 Å². The molecule has 0 fully saturated rings. The Bertz CT molecular complexity index is 791. The van der Waals surface area contributed by atoms with E-state index in [1.54, 1.807) is 12.0 Å². The Balaban J connectivity index is 2.37. The van der Waals surface area contributed by atoms with E-state index in [4.69, 9.17) is 9.84 Å². The summed E-state index contributed by atoms with van der Waals surface area (Å²) in [5.74, 6) is -0.284. The summed E-state index contributed by atoms with van der Waals surface area (Å²) >= 11 is 0. The van der Waals surface area contributed by atoms with Gasteiger partial charge in [-0.3, -0.25) is 9.59 Å². The Kier molecular flexibility index (Phi) is 6.08. The van der Waals surface area contributed by atoms with Crippen molar-refractivity contribution in [2.75, 3.05) is 13.7 Å². The highest BCUT2D eigenvalue weighted by molar-refractivity contribution is 5.96. The van der Waals surface area contributed by atoms with Gasteiger partial charge in [-0.05, 0) is 58.0 Å². The number of amides is 1. The molecule has 0 saturated carbocycles. The van der Waals surface area contributed by atoms with Gasteiger partial charge in [-0.25, -0.2) is 0 Å². The van der Waals surface area contributed by atoms with Crippen molar-refractivity contribution < 1.29 is 19.4 Å². The first kappa shape index (κ1) is 19.6. The van der Waals surface area contributed by atoms with Crippen LogP contribution in [0.3, 0.4) is 0 Å². The number of nitrogens with zero attached hydrogens (tertiary/aromatic N) is 2. The molecule has 1 N–H and O–H groups in total. The lowest BCUT2D eigenvalue weighted by atomic mass is 10.1. The molecule has 1 heterocycles. The van der Waals surface area contributed by atoms with Gasteiger partial charge in [0, 0.05) is 29.7 Å². The standard InChI is InChI=1S/C20H26N2O4/c1-13(2)21(11-10-19(23)24)20(25)18-12-14(3)22(15(18)4)16-6-8-17(26-5)9-7-16/h6-9,12-13H,10-11H2,1-5H3,(H,23,24). The van der Waals surface area contributed by atoms with Gasteiger partial charge in [-0.15, -0.1) is 0 Å². The Morgan fingerprint density at radius 2 is 1.81 bits per heavy atom. The lowest BCUT2D eigenvalue weighted by molar-refractivity contribution is -0.137. The molecule has 0 saturated heterocycles. The lowest BCUT2D eigenvalue weighted by Crippen LogP contribution is -2.38. The van der Waals surface area contributed by atoms with Gasteiger partial charge in [0.1, 0.15) is 5.75 Å². The van der Waals surface area contributed by atoms with Crippen LogP contribution in [0.25, 0.3) is 5.69 Å². The number of methoxy groups -OCH3 is 1. The normalized spacial score (nSPS) is 10.8. The van der Waals surface area contributed by atoms with Crippen molar-refractivity contribution in [2.24, 2.45) is 0 Å². The number of ether oxygens (including phenoxy) is 1. The van der Waals surface area contributed by atoms with Crippen molar-refractivity contribution in [3.8, 4) is 11.4 Å². The summed E-state index contributed by atoms with van der Waals surface area (Å²) in [4.78, 5) is 25.5. The molecule has 2 aromatic rings.